The molecule has 0 aromatic heterocycles. The number of fused-ring (bicyclic) bond motifs is 1. The maximum absolute atomic E-state index is 12.3. The van der Waals surface area contributed by atoms with Crippen molar-refractivity contribution in [3.8, 4) is 17.2 Å². The van der Waals surface area contributed by atoms with Crippen molar-refractivity contribution in [2.45, 2.75) is 13.3 Å². The van der Waals surface area contributed by atoms with Crippen LogP contribution in [0.2, 0.25) is 0 Å². The van der Waals surface area contributed by atoms with E-state index in [2.05, 4.69) is 0 Å². The molecule has 25 heavy (non-hydrogen) atoms. The highest BCUT2D eigenvalue weighted by molar-refractivity contribution is 5.93. The summed E-state index contributed by atoms with van der Waals surface area (Å²) in [7, 11) is 1.54. The Bertz CT molecular complexity index is 711. The number of nitrogens with zero attached hydrogens (tertiary/aromatic N) is 1. The van der Waals surface area contributed by atoms with Crippen molar-refractivity contribution in [3.05, 3.63) is 23.8 Å². The molecule has 7 heteroatoms. The van der Waals surface area contributed by atoms with E-state index in [0.29, 0.717) is 43.4 Å². The average Bonchev–Trinajstić information content (AvgIpc) is 3.03. The molecule has 3 rings (SSSR count). The lowest BCUT2D eigenvalue weighted by molar-refractivity contribution is -0.147. The summed E-state index contributed by atoms with van der Waals surface area (Å²) in [5, 5.41) is 9.25. The smallest absolute Gasteiger partial charge is 0.311 e. The number of methoxy groups -OCH3 is 1. The minimum absolute atomic E-state index is 0.209. The van der Waals surface area contributed by atoms with Gasteiger partial charge in [0.2, 0.25) is 11.7 Å². The predicted molar refractivity (Wildman–Crippen MR) is 90.0 cm³/mol. The zero-order valence-corrected chi connectivity index (χ0v) is 14.3. The second-order valence-electron chi connectivity index (χ2n) is 6.46. The van der Waals surface area contributed by atoms with Crippen LogP contribution in [0, 0.1) is 5.41 Å². The molecular weight excluding hydrogens is 326 g/mol. The molecule has 1 fully saturated rings. The van der Waals surface area contributed by atoms with Crippen LogP contribution in [-0.4, -0.2) is 55.3 Å². The number of benzene rings is 1. The molecule has 2 aliphatic heterocycles. The summed E-state index contributed by atoms with van der Waals surface area (Å²) in [6.07, 6.45) is 3.57. The first-order valence-corrected chi connectivity index (χ1v) is 8.11. The SMILES string of the molecule is COc1cc(/C=C/C(=O)N2CCC(C)(C(=O)O)C2)cc2c1OCCO2. The number of carboxylic acid groups (broad SMARTS) is 1. The molecule has 7 nitrogen and oxygen atoms in total. The number of amides is 1. The Hall–Kier alpha value is -2.70. The number of ether oxygens (including phenoxy) is 3. The van der Waals surface area contributed by atoms with E-state index in [1.54, 1.807) is 37.1 Å². The first kappa shape index (κ1) is 17.1. The third-order valence-electron chi connectivity index (χ3n) is 4.57. The Morgan fingerprint density at radius 1 is 1.32 bits per heavy atom. The van der Waals surface area contributed by atoms with Gasteiger partial charge in [-0.05, 0) is 37.1 Å². The molecule has 2 heterocycles. The predicted octanol–water partition coefficient (Wildman–Crippen LogP) is 1.80. The number of hydrogen-bond acceptors (Lipinski definition) is 5. The van der Waals surface area contributed by atoms with E-state index in [1.165, 1.54) is 6.08 Å². The molecule has 1 saturated heterocycles. The molecule has 0 aliphatic carbocycles. The number of rotatable bonds is 4. The van der Waals surface area contributed by atoms with Crippen LogP contribution in [0.15, 0.2) is 18.2 Å². The molecule has 0 saturated carbocycles. The van der Waals surface area contributed by atoms with E-state index in [1.807, 2.05) is 0 Å². The molecule has 1 amide bonds. The van der Waals surface area contributed by atoms with Crippen LogP contribution in [0.5, 0.6) is 17.2 Å². The summed E-state index contributed by atoms with van der Waals surface area (Å²) >= 11 is 0. The van der Waals surface area contributed by atoms with Crippen LogP contribution in [0.3, 0.4) is 0 Å². The topological polar surface area (TPSA) is 85.3 Å². The number of carbonyl (C=O) groups is 2. The van der Waals surface area contributed by atoms with Gasteiger partial charge in [-0.25, -0.2) is 0 Å². The Kier molecular flexibility index (Phi) is 4.57. The monoisotopic (exact) mass is 347 g/mol. The van der Waals surface area contributed by atoms with Gasteiger partial charge < -0.3 is 24.2 Å². The molecule has 2 aliphatic rings. The maximum atomic E-state index is 12.3. The highest BCUT2D eigenvalue weighted by atomic mass is 16.6. The second kappa shape index (κ2) is 6.66. The third kappa shape index (κ3) is 3.40. The molecule has 0 bridgehead atoms. The van der Waals surface area contributed by atoms with Gasteiger partial charge in [0, 0.05) is 19.2 Å². The van der Waals surface area contributed by atoms with Crippen LogP contribution >= 0.6 is 0 Å². The van der Waals surface area contributed by atoms with Gasteiger partial charge in [-0.3, -0.25) is 9.59 Å². The van der Waals surface area contributed by atoms with Crippen LogP contribution in [0.25, 0.3) is 6.08 Å². The van der Waals surface area contributed by atoms with Crippen molar-refractivity contribution >= 4 is 18.0 Å². The van der Waals surface area contributed by atoms with E-state index in [4.69, 9.17) is 14.2 Å². The Morgan fingerprint density at radius 2 is 2.08 bits per heavy atom. The minimum atomic E-state index is -0.872. The lowest BCUT2D eigenvalue weighted by atomic mass is 9.90. The summed E-state index contributed by atoms with van der Waals surface area (Å²) in [4.78, 5) is 25.2. The van der Waals surface area contributed by atoms with Gasteiger partial charge in [0.05, 0.1) is 12.5 Å². The lowest BCUT2D eigenvalue weighted by Gasteiger charge is -2.21. The fourth-order valence-electron chi connectivity index (χ4n) is 2.99. The summed E-state index contributed by atoms with van der Waals surface area (Å²) in [5.41, 5.74) is -0.126. The highest BCUT2D eigenvalue weighted by Crippen LogP contribution is 2.40. The minimum Gasteiger partial charge on any atom is -0.493 e. The number of carboxylic acids is 1. The number of likely N-dealkylation sites (tertiary alicyclic amines) is 1. The maximum Gasteiger partial charge on any atom is 0.311 e. The quantitative estimate of drug-likeness (QED) is 0.836. The number of carbonyl (C=O) groups excluding carboxylic acids is 1. The van der Waals surface area contributed by atoms with Crippen LogP contribution in [0.1, 0.15) is 18.9 Å². The average molecular weight is 347 g/mol. The van der Waals surface area contributed by atoms with Gasteiger partial charge in [0.25, 0.3) is 0 Å². The zero-order chi connectivity index (χ0) is 18.0. The zero-order valence-electron chi connectivity index (χ0n) is 14.3. The van der Waals surface area contributed by atoms with Crippen molar-refractivity contribution < 1.29 is 28.9 Å². The normalized spacial score (nSPS) is 22.2. The van der Waals surface area contributed by atoms with E-state index in [0.717, 1.165) is 5.56 Å². The van der Waals surface area contributed by atoms with Crippen LogP contribution < -0.4 is 14.2 Å². The second-order valence-corrected chi connectivity index (χ2v) is 6.46. The van der Waals surface area contributed by atoms with Gasteiger partial charge in [0.1, 0.15) is 13.2 Å². The molecule has 134 valence electrons. The van der Waals surface area contributed by atoms with Gasteiger partial charge in [-0.1, -0.05) is 0 Å². The van der Waals surface area contributed by atoms with E-state index in [9.17, 15) is 14.7 Å². The van der Waals surface area contributed by atoms with E-state index in [-0.39, 0.29) is 12.5 Å². The van der Waals surface area contributed by atoms with Crippen LogP contribution in [0.4, 0.5) is 0 Å². The van der Waals surface area contributed by atoms with E-state index >= 15 is 0 Å². The van der Waals surface area contributed by atoms with Gasteiger partial charge >= 0.3 is 5.97 Å². The Labute approximate surface area is 145 Å². The van der Waals surface area contributed by atoms with Gasteiger partial charge in [-0.2, -0.15) is 0 Å². The summed E-state index contributed by atoms with van der Waals surface area (Å²) in [5.74, 6) is 0.609. The summed E-state index contributed by atoms with van der Waals surface area (Å²) < 4.78 is 16.4. The van der Waals surface area contributed by atoms with E-state index < -0.39 is 11.4 Å². The molecular formula is C18H21NO6. The standard InChI is InChI=1S/C18H21NO6/c1-18(17(21)22)5-6-19(11-18)15(20)4-3-12-9-13(23-2)16-14(10-12)24-7-8-25-16/h3-4,9-10H,5-8,11H2,1-2H3,(H,21,22)/b4-3+. The molecule has 1 unspecified atom stereocenters. The molecule has 1 atom stereocenters. The first-order valence-electron chi connectivity index (χ1n) is 8.11. The third-order valence-corrected chi connectivity index (χ3v) is 4.57. The first-order chi connectivity index (χ1) is 11.9. The van der Waals surface area contributed by atoms with Crippen LogP contribution in [-0.2, 0) is 9.59 Å². The molecule has 0 radical (unpaired) electrons. The Morgan fingerprint density at radius 3 is 2.76 bits per heavy atom. The van der Waals surface area contributed by atoms with Gasteiger partial charge in [-0.15, -0.1) is 0 Å². The highest BCUT2D eigenvalue weighted by Gasteiger charge is 2.41. The number of aliphatic carboxylic acids is 1. The fraction of sp³-hybridized carbons (Fsp3) is 0.444. The Balaban J connectivity index is 1.74. The van der Waals surface area contributed by atoms with Crippen molar-refractivity contribution in [2.24, 2.45) is 5.41 Å². The molecule has 1 aromatic rings. The van der Waals surface area contributed by atoms with Crippen molar-refractivity contribution in [1.29, 1.82) is 0 Å². The summed E-state index contributed by atoms with van der Waals surface area (Å²) in [6, 6.07) is 3.55. The molecule has 0 spiro atoms. The number of hydrogen-bond donors (Lipinski definition) is 1. The largest absolute Gasteiger partial charge is 0.493 e. The van der Waals surface area contributed by atoms with Crippen molar-refractivity contribution in [3.63, 3.8) is 0 Å². The van der Waals surface area contributed by atoms with Crippen molar-refractivity contribution in [1.82, 2.24) is 4.90 Å². The fourth-order valence-corrected chi connectivity index (χ4v) is 2.99. The van der Waals surface area contributed by atoms with Crippen molar-refractivity contribution in [2.75, 3.05) is 33.4 Å². The lowest BCUT2D eigenvalue weighted by Crippen LogP contribution is -2.34. The molecule has 1 aromatic carbocycles. The summed E-state index contributed by atoms with van der Waals surface area (Å²) in [6.45, 7) is 3.25. The molecule has 1 N–H and O–H groups in total. The van der Waals surface area contributed by atoms with Gasteiger partial charge in [0.15, 0.2) is 11.5 Å².